The first-order valence-corrected chi connectivity index (χ1v) is 7.25. The van der Waals surface area contributed by atoms with Crippen molar-refractivity contribution in [3.05, 3.63) is 46.1 Å². The molecule has 7 heteroatoms. The van der Waals surface area contributed by atoms with E-state index < -0.39 is 0 Å². The monoisotopic (exact) mass is 361 g/mol. The SMILES string of the molecule is COc1cc(Br)cc(C=NC2=CC3=NC(=O)NC3C=C2)c1O. The quantitative estimate of drug-likeness (QED) is 0.811. The molecule has 0 saturated carbocycles. The Hall–Kier alpha value is -2.41. The smallest absolute Gasteiger partial charge is 0.342 e. The molecular weight excluding hydrogens is 350 g/mol. The number of rotatable bonds is 3. The van der Waals surface area contributed by atoms with Crippen molar-refractivity contribution in [3.63, 3.8) is 0 Å². The molecule has 1 aliphatic carbocycles. The molecule has 112 valence electrons. The number of phenols is 1. The van der Waals surface area contributed by atoms with Crippen LogP contribution in [0.15, 0.2) is 50.5 Å². The zero-order valence-electron chi connectivity index (χ0n) is 11.6. The second-order valence-electron chi connectivity index (χ2n) is 4.70. The number of aliphatic imine (C=N–C) groups is 2. The van der Waals surface area contributed by atoms with Crippen molar-refractivity contribution in [2.24, 2.45) is 9.98 Å². The van der Waals surface area contributed by atoms with Crippen LogP contribution in [-0.2, 0) is 0 Å². The van der Waals surface area contributed by atoms with Gasteiger partial charge in [-0.05, 0) is 24.3 Å². The number of fused-ring (bicyclic) bond motifs is 1. The number of phenolic OH excluding ortho intramolecular Hbond substituents is 1. The van der Waals surface area contributed by atoms with Crippen LogP contribution in [0.5, 0.6) is 11.5 Å². The highest BCUT2D eigenvalue weighted by molar-refractivity contribution is 9.10. The molecular formula is C15H12BrN3O3. The van der Waals surface area contributed by atoms with E-state index in [1.807, 2.05) is 6.08 Å². The Bertz CT molecular complexity index is 766. The first-order chi connectivity index (χ1) is 10.6. The number of allylic oxidation sites excluding steroid dienone is 1. The molecule has 1 aromatic rings. The van der Waals surface area contributed by atoms with E-state index >= 15 is 0 Å². The molecule has 0 spiro atoms. The van der Waals surface area contributed by atoms with Gasteiger partial charge in [0.15, 0.2) is 11.5 Å². The lowest BCUT2D eigenvalue weighted by Crippen LogP contribution is -2.30. The molecule has 2 aliphatic rings. The van der Waals surface area contributed by atoms with Crippen molar-refractivity contribution in [2.75, 3.05) is 7.11 Å². The van der Waals surface area contributed by atoms with E-state index in [1.54, 1.807) is 24.3 Å². The number of amides is 2. The lowest BCUT2D eigenvalue weighted by Gasteiger charge is -2.10. The van der Waals surface area contributed by atoms with Crippen LogP contribution < -0.4 is 10.1 Å². The summed E-state index contributed by atoms with van der Waals surface area (Å²) in [7, 11) is 1.48. The van der Waals surface area contributed by atoms with E-state index in [9.17, 15) is 9.90 Å². The van der Waals surface area contributed by atoms with Crippen LogP contribution in [-0.4, -0.2) is 36.2 Å². The number of nitrogens with zero attached hydrogens (tertiary/aromatic N) is 2. The summed E-state index contributed by atoms with van der Waals surface area (Å²) in [5.74, 6) is 0.377. The van der Waals surface area contributed by atoms with Gasteiger partial charge in [0.2, 0.25) is 0 Å². The number of hydrogen-bond acceptors (Lipinski definition) is 4. The Morgan fingerprint density at radius 3 is 3.09 bits per heavy atom. The molecule has 1 aromatic carbocycles. The zero-order chi connectivity index (χ0) is 15.7. The molecule has 22 heavy (non-hydrogen) atoms. The van der Waals surface area contributed by atoms with E-state index in [0.29, 0.717) is 22.7 Å². The minimum Gasteiger partial charge on any atom is -0.504 e. The van der Waals surface area contributed by atoms with Crippen LogP contribution in [0.3, 0.4) is 0 Å². The van der Waals surface area contributed by atoms with E-state index in [2.05, 4.69) is 31.2 Å². The Morgan fingerprint density at radius 1 is 1.50 bits per heavy atom. The summed E-state index contributed by atoms with van der Waals surface area (Å²) in [6.07, 6.45) is 6.87. The average molecular weight is 362 g/mol. The second kappa shape index (κ2) is 5.76. The topological polar surface area (TPSA) is 83.3 Å². The maximum atomic E-state index is 11.2. The highest BCUT2D eigenvalue weighted by Gasteiger charge is 2.24. The van der Waals surface area contributed by atoms with Gasteiger partial charge in [0.05, 0.1) is 24.6 Å². The van der Waals surface area contributed by atoms with Crippen molar-refractivity contribution >= 4 is 33.9 Å². The largest absolute Gasteiger partial charge is 0.504 e. The van der Waals surface area contributed by atoms with Crippen LogP contribution >= 0.6 is 15.9 Å². The third-order valence-corrected chi connectivity index (χ3v) is 3.68. The number of halogens is 1. The van der Waals surface area contributed by atoms with Crippen LogP contribution in [0.2, 0.25) is 0 Å². The zero-order valence-corrected chi connectivity index (χ0v) is 13.2. The molecule has 3 rings (SSSR count). The standard InChI is InChI=1S/C15H12BrN3O3/c1-22-13-5-9(16)4-8(14(13)20)7-17-10-2-3-11-12(6-10)19-15(21)18-11/h2-7,11,20H,1H3,(H,18,21). The predicted octanol–water partition coefficient (Wildman–Crippen LogP) is 2.57. The van der Waals surface area contributed by atoms with Crippen LogP contribution in [0.4, 0.5) is 4.79 Å². The van der Waals surface area contributed by atoms with Gasteiger partial charge in [0.25, 0.3) is 0 Å². The van der Waals surface area contributed by atoms with Gasteiger partial charge in [0, 0.05) is 16.3 Å². The van der Waals surface area contributed by atoms with E-state index in [1.165, 1.54) is 13.3 Å². The second-order valence-corrected chi connectivity index (χ2v) is 5.61. The summed E-state index contributed by atoms with van der Waals surface area (Å²) in [5.41, 5.74) is 1.80. The van der Waals surface area contributed by atoms with Crippen molar-refractivity contribution in [1.29, 1.82) is 0 Å². The molecule has 2 amide bonds. The summed E-state index contributed by atoms with van der Waals surface area (Å²) in [6, 6.07) is 2.88. The van der Waals surface area contributed by atoms with Gasteiger partial charge in [-0.2, -0.15) is 4.99 Å². The number of ether oxygens (including phenoxy) is 1. The molecule has 1 unspecified atom stereocenters. The summed E-state index contributed by atoms with van der Waals surface area (Å²) >= 11 is 3.35. The number of benzene rings is 1. The molecule has 1 heterocycles. The minimum absolute atomic E-state index is 0.0165. The number of carbonyl (C=O) groups excluding carboxylic acids is 1. The Labute approximate surface area is 135 Å². The molecule has 0 fully saturated rings. The van der Waals surface area contributed by atoms with Crippen molar-refractivity contribution in [3.8, 4) is 11.5 Å². The third kappa shape index (κ3) is 2.80. The number of methoxy groups -OCH3 is 1. The summed E-state index contributed by atoms with van der Waals surface area (Å²) in [6.45, 7) is 0. The summed E-state index contributed by atoms with van der Waals surface area (Å²) < 4.78 is 5.86. The average Bonchev–Trinajstić information content (AvgIpc) is 2.87. The van der Waals surface area contributed by atoms with Gasteiger partial charge in [-0.15, -0.1) is 0 Å². The fraction of sp³-hybridized carbons (Fsp3) is 0.133. The number of urea groups is 1. The fourth-order valence-corrected chi connectivity index (χ4v) is 2.62. The van der Waals surface area contributed by atoms with Gasteiger partial charge in [-0.3, -0.25) is 4.99 Å². The Kier molecular flexibility index (Phi) is 3.81. The van der Waals surface area contributed by atoms with Gasteiger partial charge in [-0.1, -0.05) is 22.0 Å². The normalized spacial score (nSPS) is 19.7. The van der Waals surface area contributed by atoms with Crippen molar-refractivity contribution in [1.82, 2.24) is 5.32 Å². The first kappa shape index (κ1) is 14.5. The van der Waals surface area contributed by atoms with Crippen LogP contribution in [0.25, 0.3) is 0 Å². The lowest BCUT2D eigenvalue weighted by molar-refractivity contribution is 0.251. The molecule has 6 nitrogen and oxygen atoms in total. The first-order valence-electron chi connectivity index (χ1n) is 6.46. The van der Waals surface area contributed by atoms with Gasteiger partial charge < -0.3 is 15.2 Å². The van der Waals surface area contributed by atoms with Crippen molar-refractivity contribution < 1.29 is 14.6 Å². The van der Waals surface area contributed by atoms with Gasteiger partial charge in [0.1, 0.15) is 0 Å². The maximum Gasteiger partial charge on any atom is 0.342 e. The number of hydrogen-bond donors (Lipinski definition) is 2. The highest BCUT2D eigenvalue weighted by atomic mass is 79.9. The van der Waals surface area contributed by atoms with Crippen LogP contribution in [0, 0.1) is 0 Å². The number of aromatic hydroxyl groups is 1. The molecule has 1 aliphatic heterocycles. The van der Waals surface area contributed by atoms with E-state index in [0.717, 1.165) is 4.47 Å². The van der Waals surface area contributed by atoms with E-state index in [-0.39, 0.29) is 17.8 Å². The van der Waals surface area contributed by atoms with Crippen LogP contribution in [0.1, 0.15) is 5.56 Å². The highest BCUT2D eigenvalue weighted by Crippen LogP contribution is 2.32. The molecule has 0 radical (unpaired) electrons. The van der Waals surface area contributed by atoms with Crippen molar-refractivity contribution in [2.45, 2.75) is 6.04 Å². The summed E-state index contributed by atoms with van der Waals surface area (Å²) in [5, 5.41) is 12.8. The fourth-order valence-electron chi connectivity index (χ4n) is 2.16. The summed E-state index contributed by atoms with van der Waals surface area (Å²) in [4.78, 5) is 19.4. The minimum atomic E-state index is -0.347. The number of nitrogens with one attached hydrogen (secondary N) is 1. The van der Waals surface area contributed by atoms with E-state index in [4.69, 9.17) is 4.74 Å². The predicted molar refractivity (Wildman–Crippen MR) is 86.9 cm³/mol. The molecule has 0 aromatic heterocycles. The maximum absolute atomic E-state index is 11.2. The Balaban J connectivity index is 1.88. The third-order valence-electron chi connectivity index (χ3n) is 3.23. The molecule has 2 N–H and O–H groups in total. The van der Waals surface area contributed by atoms with Gasteiger partial charge >= 0.3 is 6.03 Å². The Morgan fingerprint density at radius 2 is 2.32 bits per heavy atom. The lowest BCUT2D eigenvalue weighted by atomic mass is 10.1. The molecule has 1 atom stereocenters. The number of carbonyl (C=O) groups is 1. The molecule has 0 saturated heterocycles. The molecule has 0 bridgehead atoms. The van der Waals surface area contributed by atoms with Gasteiger partial charge in [-0.25, -0.2) is 4.79 Å².